The van der Waals surface area contributed by atoms with Crippen LogP contribution in [-0.2, 0) is 0 Å². The van der Waals surface area contributed by atoms with Crippen LogP contribution < -0.4 is 0 Å². The Kier molecular flexibility index (Phi) is 2.51. The molecule has 0 bridgehead atoms. The van der Waals surface area contributed by atoms with Crippen LogP contribution >= 0.6 is 12.2 Å². The molecule has 0 spiro atoms. The molecular formula is C11H10N2OS. The monoisotopic (exact) mass is 218 g/mol. The number of aromatic amines is 2. The Hall–Kier alpha value is -1.68. The fraction of sp³-hybridized carbons (Fsp3) is 0.0909. The van der Waals surface area contributed by atoms with E-state index in [0.29, 0.717) is 10.2 Å². The van der Waals surface area contributed by atoms with Crippen LogP contribution in [0.2, 0.25) is 0 Å². The van der Waals surface area contributed by atoms with Crippen LogP contribution in [0, 0.1) is 11.6 Å². The molecule has 2 aromatic rings. The predicted molar refractivity (Wildman–Crippen MR) is 61.5 cm³/mol. The Morgan fingerprint density at radius 3 is 2.67 bits per heavy atom. The lowest BCUT2D eigenvalue weighted by Crippen LogP contribution is -1.87. The molecule has 0 aliphatic rings. The Bertz CT molecular complexity index is 554. The summed E-state index contributed by atoms with van der Waals surface area (Å²) in [5.74, 6) is 0. The van der Waals surface area contributed by atoms with Gasteiger partial charge in [-0.05, 0) is 12.5 Å². The van der Waals surface area contributed by atoms with E-state index in [4.69, 9.17) is 12.2 Å². The van der Waals surface area contributed by atoms with Gasteiger partial charge in [-0.25, -0.2) is 0 Å². The summed E-state index contributed by atoms with van der Waals surface area (Å²) in [5, 5.41) is 5.69. The Morgan fingerprint density at radius 1 is 1.27 bits per heavy atom. The zero-order chi connectivity index (χ0) is 10.8. The quantitative estimate of drug-likeness (QED) is 0.601. The van der Waals surface area contributed by atoms with E-state index in [0.717, 1.165) is 23.1 Å². The van der Waals surface area contributed by atoms with Gasteiger partial charge in [0.1, 0.15) is 4.64 Å². The minimum absolute atomic E-state index is 0.447. The Balaban J connectivity index is 2.69. The van der Waals surface area contributed by atoms with E-state index >= 15 is 0 Å². The number of carbonyl (C=O) groups is 1. The molecule has 0 aliphatic heterocycles. The second-order valence-corrected chi connectivity index (χ2v) is 3.71. The Labute approximate surface area is 92.1 Å². The van der Waals surface area contributed by atoms with Gasteiger partial charge in [0.15, 0.2) is 6.29 Å². The van der Waals surface area contributed by atoms with Crippen LogP contribution in [-0.4, -0.2) is 16.5 Å². The molecule has 1 aromatic carbocycles. The van der Waals surface area contributed by atoms with Crippen molar-refractivity contribution in [3.8, 4) is 11.3 Å². The topological polar surface area (TPSA) is 48.6 Å². The van der Waals surface area contributed by atoms with Crippen molar-refractivity contribution in [1.29, 1.82) is 0 Å². The average molecular weight is 218 g/mol. The van der Waals surface area contributed by atoms with Crippen molar-refractivity contribution in [2.45, 2.75) is 6.92 Å². The van der Waals surface area contributed by atoms with Crippen molar-refractivity contribution in [2.75, 3.05) is 0 Å². The second-order valence-electron chi connectivity index (χ2n) is 3.30. The molecule has 0 radical (unpaired) electrons. The number of aldehydes is 1. The van der Waals surface area contributed by atoms with Gasteiger partial charge >= 0.3 is 0 Å². The second kappa shape index (κ2) is 3.82. The number of rotatable bonds is 2. The molecule has 3 nitrogen and oxygen atoms in total. The summed E-state index contributed by atoms with van der Waals surface area (Å²) in [7, 11) is 0. The van der Waals surface area contributed by atoms with Crippen molar-refractivity contribution in [3.05, 3.63) is 40.0 Å². The molecule has 0 amide bonds. The summed E-state index contributed by atoms with van der Waals surface area (Å²) >= 11 is 5.00. The van der Waals surface area contributed by atoms with E-state index in [2.05, 4.69) is 10.2 Å². The number of hydrogen-bond donors (Lipinski definition) is 2. The molecule has 0 fully saturated rings. The zero-order valence-electron chi connectivity index (χ0n) is 8.20. The molecule has 0 aliphatic carbocycles. The Morgan fingerprint density at radius 2 is 2.00 bits per heavy atom. The minimum atomic E-state index is 0.447. The zero-order valence-corrected chi connectivity index (χ0v) is 9.02. The van der Waals surface area contributed by atoms with E-state index in [9.17, 15) is 4.79 Å². The fourth-order valence-corrected chi connectivity index (χ4v) is 1.75. The molecule has 2 N–H and O–H groups in total. The highest BCUT2D eigenvalue weighted by molar-refractivity contribution is 7.71. The number of aromatic nitrogens is 2. The first-order valence-electron chi connectivity index (χ1n) is 4.56. The summed E-state index contributed by atoms with van der Waals surface area (Å²) in [5.41, 5.74) is 3.37. The maximum atomic E-state index is 10.9. The average Bonchev–Trinajstić information content (AvgIpc) is 2.60. The van der Waals surface area contributed by atoms with Crippen LogP contribution in [0.25, 0.3) is 11.3 Å². The lowest BCUT2D eigenvalue weighted by Gasteiger charge is -2.02. The first kappa shape index (κ1) is 9.86. The van der Waals surface area contributed by atoms with Crippen LogP contribution in [0.5, 0.6) is 0 Å². The van der Waals surface area contributed by atoms with E-state index < -0.39 is 0 Å². The van der Waals surface area contributed by atoms with Gasteiger partial charge in [0.05, 0.1) is 11.3 Å². The summed E-state index contributed by atoms with van der Waals surface area (Å²) < 4.78 is 0.447. The van der Waals surface area contributed by atoms with Gasteiger partial charge in [-0.3, -0.25) is 15.0 Å². The van der Waals surface area contributed by atoms with Gasteiger partial charge in [0, 0.05) is 5.56 Å². The van der Waals surface area contributed by atoms with E-state index in [-0.39, 0.29) is 0 Å². The van der Waals surface area contributed by atoms with Crippen molar-refractivity contribution in [1.82, 2.24) is 10.2 Å². The number of nitrogens with one attached hydrogen (secondary N) is 2. The summed E-state index contributed by atoms with van der Waals surface area (Å²) in [4.78, 5) is 10.9. The van der Waals surface area contributed by atoms with Crippen LogP contribution in [0.3, 0.4) is 0 Å². The molecule has 0 saturated heterocycles. The molecule has 0 atom stereocenters. The number of carbonyl (C=O) groups excluding carboxylic acids is 1. The highest BCUT2D eigenvalue weighted by Gasteiger charge is 2.09. The lowest BCUT2D eigenvalue weighted by molar-refractivity contribution is 0.112. The summed E-state index contributed by atoms with van der Waals surface area (Å²) in [6.07, 6.45) is 0.775. The van der Waals surface area contributed by atoms with Crippen LogP contribution in [0.15, 0.2) is 24.3 Å². The standard InChI is InChI=1S/C11H10N2OS/c1-7-4-2-3-5-8(7)10-9(6-14)11(15)13-12-10/h2-6H,1H3,(H2,12,13,15). The van der Waals surface area contributed by atoms with Gasteiger partial charge in [-0.2, -0.15) is 0 Å². The van der Waals surface area contributed by atoms with Crippen LogP contribution in [0.1, 0.15) is 15.9 Å². The predicted octanol–water partition coefficient (Wildman–Crippen LogP) is 2.86. The fourth-order valence-electron chi connectivity index (χ4n) is 1.55. The molecule has 0 unspecified atom stereocenters. The molecule has 1 aromatic heterocycles. The molecule has 15 heavy (non-hydrogen) atoms. The van der Waals surface area contributed by atoms with E-state index in [1.54, 1.807) is 0 Å². The molecule has 4 heteroatoms. The lowest BCUT2D eigenvalue weighted by atomic mass is 10.0. The van der Waals surface area contributed by atoms with Gasteiger partial charge in [-0.1, -0.05) is 36.5 Å². The van der Waals surface area contributed by atoms with Crippen LogP contribution in [0.4, 0.5) is 0 Å². The van der Waals surface area contributed by atoms with Gasteiger partial charge in [0.25, 0.3) is 0 Å². The third-order valence-electron chi connectivity index (χ3n) is 2.35. The van der Waals surface area contributed by atoms with Crippen molar-refractivity contribution in [3.63, 3.8) is 0 Å². The van der Waals surface area contributed by atoms with E-state index in [1.807, 2.05) is 31.2 Å². The third-order valence-corrected chi connectivity index (χ3v) is 2.67. The molecular weight excluding hydrogens is 208 g/mol. The normalized spacial score (nSPS) is 10.2. The van der Waals surface area contributed by atoms with Crippen molar-refractivity contribution in [2.24, 2.45) is 0 Å². The molecule has 2 rings (SSSR count). The van der Waals surface area contributed by atoms with Crippen molar-refractivity contribution < 1.29 is 4.79 Å². The minimum Gasteiger partial charge on any atom is -0.299 e. The number of benzene rings is 1. The largest absolute Gasteiger partial charge is 0.299 e. The smallest absolute Gasteiger partial charge is 0.155 e. The molecule has 1 heterocycles. The third kappa shape index (κ3) is 1.64. The van der Waals surface area contributed by atoms with E-state index in [1.165, 1.54) is 0 Å². The number of aryl methyl sites for hydroxylation is 1. The maximum absolute atomic E-state index is 10.9. The first-order valence-corrected chi connectivity index (χ1v) is 4.96. The van der Waals surface area contributed by atoms with Gasteiger partial charge in [0.2, 0.25) is 0 Å². The first-order chi connectivity index (χ1) is 7.24. The van der Waals surface area contributed by atoms with Gasteiger partial charge in [-0.15, -0.1) is 0 Å². The molecule has 0 saturated carbocycles. The summed E-state index contributed by atoms with van der Waals surface area (Å²) in [6.45, 7) is 1.99. The number of H-pyrrole nitrogens is 2. The molecule has 76 valence electrons. The highest BCUT2D eigenvalue weighted by Crippen LogP contribution is 2.23. The number of hydrogen-bond acceptors (Lipinski definition) is 2. The summed E-state index contributed by atoms with van der Waals surface area (Å²) in [6, 6.07) is 7.84. The van der Waals surface area contributed by atoms with Gasteiger partial charge < -0.3 is 0 Å². The SMILES string of the molecule is Cc1ccccc1-c1[nH][nH]c(=S)c1C=O. The maximum Gasteiger partial charge on any atom is 0.155 e. The highest BCUT2D eigenvalue weighted by atomic mass is 32.1. The van der Waals surface area contributed by atoms with Crippen molar-refractivity contribution >= 4 is 18.5 Å².